The minimum Gasteiger partial charge on any atom is -0.335 e. The summed E-state index contributed by atoms with van der Waals surface area (Å²) < 4.78 is 0. The first kappa shape index (κ1) is 13.5. The van der Waals surface area contributed by atoms with Crippen molar-refractivity contribution in [2.45, 2.75) is 38.6 Å². The highest BCUT2D eigenvalue weighted by Crippen LogP contribution is 2.41. The summed E-state index contributed by atoms with van der Waals surface area (Å²) in [5.74, 6) is 2.15. The average molecular weight is 274 g/mol. The second-order valence-corrected chi connectivity index (χ2v) is 6.33. The van der Waals surface area contributed by atoms with Crippen molar-refractivity contribution in [2.24, 2.45) is 17.6 Å². The minimum atomic E-state index is -0.00657. The van der Waals surface area contributed by atoms with Gasteiger partial charge in [-0.05, 0) is 30.7 Å². The van der Waals surface area contributed by atoms with Gasteiger partial charge in [0.2, 0.25) is 0 Å². The third-order valence-electron chi connectivity index (χ3n) is 4.34. The van der Waals surface area contributed by atoms with Gasteiger partial charge >= 0.3 is 0 Å². The molecule has 2 N–H and O–H groups in total. The Balaban J connectivity index is 1.74. The van der Waals surface area contributed by atoms with E-state index < -0.39 is 0 Å². The molecule has 2 unspecified atom stereocenters. The number of amides is 1. The van der Waals surface area contributed by atoms with Crippen LogP contribution in [0.15, 0.2) is 12.3 Å². The summed E-state index contributed by atoms with van der Waals surface area (Å²) in [4.78, 5) is 23.0. The lowest BCUT2D eigenvalue weighted by Crippen LogP contribution is -2.33. The Labute approximate surface area is 119 Å². The lowest BCUT2D eigenvalue weighted by atomic mass is 9.99. The third-order valence-corrected chi connectivity index (χ3v) is 4.34. The van der Waals surface area contributed by atoms with E-state index in [-0.39, 0.29) is 17.9 Å². The number of carbonyl (C=O) groups excluding carboxylic acids is 1. The average Bonchev–Trinajstić information content (AvgIpc) is 3.21. The van der Waals surface area contributed by atoms with E-state index in [2.05, 4.69) is 9.97 Å². The Morgan fingerprint density at radius 3 is 2.80 bits per heavy atom. The van der Waals surface area contributed by atoms with Crippen molar-refractivity contribution in [3.8, 4) is 0 Å². The fourth-order valence-corrected chi connectivity index (χ4v) is 2.98. The van der Waals surface area contributed by atoms with Gasteiger partial charge in [0.25, 0.3) is 5.91 Å². The molecule has 3 rings (SSSR count). The number of hydrogen-bond donors (Lipinski definition) is 1. The van der Waals surface area contributed by atoms with Gasteiger partial charge in [0.15, 0.2) is 0 Å². The zero-order valence-corrected chi connectivity index (χ0v) is 12.1. The number of nitrogens with two attached hydrogens (primary N) is 1. The van der Waals surface area contributed by atoms with Crippen LogP contribution in [0.4, 0.5) is 0 Å². The molecule has 0 bridgehead atoms. The third kappa shape index (κ3) is 2.54. The first-order chi connectivity index (χ1) is 9.56. The Bertz CT molecular complexity index is 512. The van der Waals surface area contributed by atoms with Crippen LogP contribution < -0.4 is 5.73 Å². The number of hydrogen-bond acceptors (Lipinski definition) is 4. The van der Waals surface area contributed by atoms with Crippen molar-refractivity contribution < 1.29 is 4.79 Å². The minimum absolute atomic E-state index is 0.00657. The van der Waals surface area contributed by atoms with Crippen molar-refractivity contribution in [3.63, 3.8) is 0 Å². The lowest BCUT2D eigenvalue weighted by Gasteiger charge is -2.16. The Hall–Kier alpha value is -1.49. The molecule has 20 heavy (non-hydrogen) atoms. The van der Waals surface area contributed by atoms with Crippen LogP contribution in [0.2, 0.25) is 0 Å². The van der Waals surface area contributed by atoms with Crippen LogP contribution in [0.25, 0.3) is 0 Å². The monoisotopic (exact) mass is 274 g/mol. The van der Waals surface area contributed by atoms with Crippen LogP contribution in [0.1, 0.15) is 48.9 Å². The summed E-state index contributed by atoms with van der Waals surface area (Å²) in [6.45, 7) is 5.49. The van der Waals surface area contributed by atoms with E-state index in [1.54, 1.807) is 12.3 Å². The molecule has 5 nitrogen and oxygen atoms in total. The highest BCUT2D eigenvalue weighted by atomic mass is 16.2. The van der Waals surface area contributed by atoms with E-state index in [4.69, 9.17) is 5.73 Å². The molecule has 1 saturated carbocycles. The first-order valence-corrected chi connectivity index (χ1v) is 7.44. The molecule has 1 aliphatic carbocycles. The number of nitrogens with zero attached hydrogens (tertiary/aromatic N) is 3. The smallest absolute Gasteiger partial charge is 0.272 e. The highest BCUT2D eigenvalue weighted by molar-refractivity contribution is 5.92. The van der Waals surface area contributed by atoms with E-state index in [1.807, 2.05) is 18.7 Å². The second-order valence-electron chi connectivity index (χ2n) is 6.33. The molecule has 2 aliphatic rings. The number of aromatic nitrogens is 2. The molecule has 108 valence electrons. The van der Waals surface area contributed by atoms with Crippen LogP contribution >= 0.6 is 0 Å². The van der Waals surface area contributed by atoms with E-state index >= 15 is 0 Å². The van der Waals surface area contributed by atoms with Crippen molar-refractivity contribution in [1.82, 2.24) is 14.9 Å². The normalized spacial score (nSPS) is 26.3. The molecule has 1 saturated heterocycles. The highest BCUT2D eigenvalue weighted by Gasteiger charge is 2.42. The van der Waals surface area contributed by atoms with Gasteiger partial charge in [0.05, 0.1) is 0 Å². The fourth-order valence-electron chi connectivity index (χ4n) is 2.98. The Morgan fingerprint density at radius 1 is 1.40 bits per heavy atom. The van der Waals surface area contributed by atoms with Crippen molar-refractivity contribution >= 4 is 5.91 Å². The molecule has 0 aromatic carbocycles. The zero-order chi connectivity index (χ0) is 14.3. The number of rotatable bonds is 3. The molecule has 2 fully saturated rings. The van der Waals surface area contributed by atoms with Crippen molar-refractivity contribution in [2.75, 3.05) is 13.1 Å². The summed E-state index contributed by atoms with van der Waals surface area (Å²) >= 11 is 0. The maximum Gasteiger partial charge on any atom is 0.272 e. The Morgan fingerprint density at radius 2 is 2.15 bits per heavy atom. The summed E-state index contributed by atoms with van der Waals surface area (Å²) in [5, 5.41) is 0. The van der Waals surface area contributed by atoms with Gasteiger partial charge in [-0.15, -0.1) is 0 Å². The van der Waals surface area contributed by atoms with Gasteiger partial charge < -0.3 is 10.6 Å². The van der Waals surface area contributed by atoms with Crippen LogP contribution in [0.3, 0.4) is 0 Å². The van der Waals surface area contributed by atoms with Crippen molar-refractivity contribution in [3.05, 3.63) is 23.8 Å². The SMILES string of the molecule is CC(C)c1nccc(C(=O)N2CC(N)C(C3CC3)C2)n1. The van der Waals surface area contributed by atoms with Gasteiger partial charge in [-0.1, -0.05) is 13.8 Å². The number of likely N-dealkylation sites (tertiary alicyclic amines) is 1. The van der Waals surface area contributed by atoms with Crippen LogP contribution in [-0.2, 0) is 0 Å². The molecule has 2 atom stereocenters. The van der Waals surface area contributed by atoms with Gasteiger partial charge in [-0.25, -0.2) is 9.97 Å². The van der Waals surface area contributed by atoms with E-state index in [9.17, 15) is 4.79 Å². The van der Waals surface area contributed by atoms with E-state index in [1.165, 1.54) is 12.8 Å². The van der Waals surface area contributed by atoms with Gasteiger partial charge in [-0.3, -0.25) is 4.79 Å². The summed E-state index contributed by atoms with van der Waals surface area (Å²) in [6.07, 6.45) is 4.21. The molecule has 1 aliphatic heterocycles. The lowest BCUT2D eigenvalue weighted by molar-refractivity contribution is 0.0778. The van der Waals surface area contributed by atoms with E-state index in [0.717, 1.165) is 18.3 Å². The van der Waals surface area contributed by atoms with Gasteiger partial charge in [-0.2, -0.15) is 0 Å². The van der Waals surface area contributed by atoms with Crippen LogP contribution in [0, 0.1) is 11.8 Å². The van der Waals surface area contributed by atoms with Gasteiger partial charge in [0.1, 0.15) is 11.5 Å². The fraction of sp³-hybridized carbons (Fsp3) is 0.667. The Kier molecular flexibility index (Phi) is 3.46. The summed E-state index contributed by atoms with van der Waals surface area (Å²) in [5.41, 5.74) is 6.67. The molecule has 5 heteroatoms. The van der Waals surface area contributed by atoms with Crippen molar-refractivity contribution in [1.29, 1.82) is 0 Å². The largest absolute Gasteiger partial charge is 0.335 e. The zero-order valence-electron chi connectivity index (χ0n) is 12.1. The van der Waals surface area contributed by atoms with E-state index in [0.29, 0.717) is 18.2 Å². The molecular weight excluding hydrogens is 252 g/mol. The predicted octanol–water partition coefficient (Wildman–Crippen LogP) is 1.41. The molecule has 0 radical (unpaired) electrons. The van der Waals surface area contributed by atoms with Crippen LogP contribution in [-0.4, -0.2) is 39.9 Å². The molecule has 2 heterocycles. The second kappa shape index (κ2) is 5.13. The predicted molar refractivity (Wildman–Crippen MR) is 76.2 cm³/mol. The van der Waals surface area contributed by atoms with Crippen LogP contribution in [0.5, 0.6) is 0 Å². The standard InChI is InChI=1S/C15H22N4O/c1-9(2)14-17-6-5-13(18-14)15(20)19-7-11(10-3-4-10)12(16)8-19/h5-6,9-12H,3-4,7-8,16H2,1-2H3. The molecular formula is C15H22N4O. The molecule has 0 spiro atoms. The quantitative estimate of drug-likeness (QED) is 0.904. The first-order valence-electron chi connectivity index (χ1n) is 7.44. The molecule has 1 aromatic heterocycles. The topological polar surface area (TPSA) is 72.1 Å². The summed E-state index contributed by atoms with van der Waals surface area (Å²) in [6, 6.07) is 1.82. The summed E-state index contributed by atoms with van der Waals surface area (Å²) in [7, 11) is 0. The maximum atomic E-state index is 12.5. The van der Waals surface area contributed by atoms with Gasteiger partial charge in [0, 0.05) is 31.2 Å². The number of carbonyl (C=O) groups is 1. The molecule has 1 amide bonds. The maximum absolute atomic E-state index is 12.5. The molecule has 1 aromatic rings.